The summed E-state index contributed by atoms with van der Waals surface area (Å²) in [6.45, 7) is 16.3. The molecule has 15 heavy (non-hydrogen) atoms. The van der Waals surface area contributed by atoms with Gasteiger partial charge < -0.3 is 9.80 Å². The van der Waals surface area contributed by atoms with Gasteiger partial charge in [0, 0.05) is 25.8 Å². The molecule has 0 N–H and O–H groups in total. The fraction of sp³-hybridized carbons (Fsp3) is 0.538. The molecule has 0 aromatic rings. The zero-order chi connectivity index (χ0) is 12.4. The highest BCUT2D eigenvalue weighted by Crippen LogP contribution is 2.03. The van der Waals surface area contributed by atoms with E-state index in [1.807, 2.05) is 0 Å². The smallest absolute Gasteiger partial charge is 0.0302 e. The number of likely N-dealkylation sites (N-methyl/N-ethyl adjacent to an activating group) is 2. The average molecular weight is 210 g/mol. The van der Waals surface area contributed by atoms with E-state index < -0.39 is 0 Å². The Hall–Kier alpha value is -1.02. The van der Waals surface area contributed by atoms with E-state index in [1.54, 1.807) is 0 Å². The second-order valence-electron chi connectivity index (χ2n) is 3.94. The third kappa shape index (κ3) is 10.9. The van der Waals surface area contributed by atoms with Crippen molar-refractivity contribution in [1.82, 2.24) is 9.80 Å². The molecule has 0 unspecified atom stereocenters. The van der Waals surface area contributed by atoms with E-state index >= 15 is 0 Å². The maximum atomic E-state index is 4.00. The second-order valence-corrected chi connectivity index (χ2v) is 3.94. The van der Waals surface area contributed by atoms with E-state index in [2.05, 4.69) is 70.6 Å². The highest BCUT2D eigenvalue weighted by molar-refractivity contribution is 5.16. The molecular weight excluding hydrogens is 184 g/mol. The van der Waals surface area contributed by atoms with Crippen LogP contribution in [0.15, 0.2) is 37.1 Å². The zero-order valence-electron chi connectivity index (χ0n) is 11.0. The standard InChI is InChI=1S/C11H22N2.C2H4/c1-10(2)9-11(3)13(6)8-7-12(4)5;1-2/h9H,3,7-8H2,1-2,4-6H3;1-2H2. The molecule has 0 saturated carbocycles. The van der Waals surface area contributed by atoms with Gasteiger partial charge in [-0.15, -0.1) is 13.2 Å². The average Bonchev–Trinajstić information content (AvgIpc) is 2.16. The summed E-state index contributed by atoms with van der Waals surface area (Å²) >= 11 is 0. The number of hydrogen-bond acceptors (Lipinski definition) is 2. The number of allylic oxidation sites excluding steroid dienone is 2. The monoisotopic (exact) mass is 210 g/mol. The van der Waals surface area contributed by atoms with Crippen LogP contribution in [0.25, 0.3) is 0 Å². The van der Waals surface area contributed by atoms with Crippen LogP contribution in [0.3, 0.4) is 0 Å². The van der Waals surface area contributed by atoms with Gasteiger partial charge in [0.15, 0.2) is 0 Å². The van der Waals surface area contributed by atoms with Crippen molar-refractivity contribution in [3.63, 3.8) is 0 Å². The number of hydrogen-bond donors (Lipinski definition) is 0. The summed E-state index contributed by atoms with van der Waals surface area (Å²) in [5.74, 6) is 0. The molecular formula is C13H26N2. The molecule has 0 amide bonds. The molecule has 2 heteroatoms. The molecule has 0 aliphatic carbocycles. The van der Waals surface area contributed by atoms with Gasteiger partial charge in [-0.2, -0.15) is 0 Å². The summed E-state index contributed by atoms with van der Waals surface area (Å²) in [4.78, 5) is 4.35. The summed E-state index contributed by atoms with van der Waals surface area (Å²) in [6, 6.07) is 0. The normalized spacial score (nSPS) is 8.93. The van der Waals surface area contributed by atoms with Gasteiger partial charge >= 0.3 is 0 Å². The molecule has 0 fully saturated rings. The van der Waals surface area contributed by atoms with Crippen LogP contribution in [0, 0.1) is 0 Å². The van der Waals surface area contributed by atoms with Gasteiger partial charge in [-0.3, -0.25) is 0 Å². The SMILES string of the molecule is C=C.C=C(C=C(C)C)N(C)CCN(C)C. The maximum absolute atomic E-state index is 4.00. The van der Waals surface area contributed by atoms with Crippen molar-refractivity contribution in [2.75, 3.05) is 34.2 Å². The Balaban J connectivity index is 0. The van der Waals surface area contributed by atoms with Crippen molar-refractivity contribution < 1.29 is 0 Å². The van der Waals surface area contributed by atoms with Crippen LogP contribution in [-0.2, 0) is 0 Å². The lowest BCUT2D eigenvalue weighted by atomic mass is 10.2. The van der Waals surface area contributed by atoms with Gasteiger partial charge in [0.2, 0.25) is 0 Å². The van der Waals surface area contributed by atoms with Crippen molar-refractivity contribution in [2.45, 2.75) is 13.8 Å². The molecule has 0 heterocycles. The van der Waals surface area contributed by atoms with Crippen LogP contribution in [0.5, 0.6) is 0 Å². The first kappa shape index (κ1) is 16.4. The Bertz CT molecular complexity index is 201. The van der Waals surface area contributed by atoms with Crippen molar-refractivity contribution in [1.29, 1.82) is 0 Å². The fourth-order valence-electron chi connectivity index (χ4n) is 0.937. The highest BCUT2D eigenvalue weighted by Gasteiger charge is 1.99. The van der Waals surface area contributed by atoms with E-state index in [-0.39, 0.29) is 0 Å². The van der Waals surface area contributed by atoms with Crippen LogP contribution in [-0.4, -0.2) is 44.0 Å². The van der Waals surface area contributed by atoms with Crippen LogP contribution in [0.4, 0.5) is 0 Å². The van der Waals surface area contributed by atoms with E-state index in [4.69, 9.17) is 0 Å². The number of nitrogens with zero attached hydrogens (tertiary/aromatic N) is 2. The molecule has 0 saturated heterocycles. The first-order valence-electron chi connectivity index (χ1n) is 5.13. The maximum Gasteiger partial charge on any atom is 0.0302 e. The Kier molecular flexibility index (Phi) is 10.4. The van der Waals surface area contributed by atoms with Gasteiger partial charge in [-0.1, -0.05) is 12.2 Å². The van der Waals surface area contributed by atoms with Crippen LogP contribution < -0.4 is 0 Å². The third-order valence-electron chi connectivity index (χ3n) is 1.83. The minimum Gasteiger partial charge on any atom is -0.374 e. The molecule has 0 rings (SSSR count). The Morgan fingerprint density at radius 1 is 1.07 bits per heavy atom. The van der Waals surface area contributed by atoms with Crippen LogP contribution >= 0.6 is 0 Å². The van der Waals surface area contributed by atoms with E-state index in [0.717, 1.165) is 18.8 Å². The lowest BCUT2D eigenvalue weighted by Gasteiger charge is -2.21. The van der Waals surface area contributed by atoms with Crippen molar-refractivity contribution >= 4 is 0 Å². The predicted octanol–water partition coefficient (Wildman–Crippen LogP) is 2.76. The fourth-order valence-corrected chi connectivity index (χ4v) is 0.937. The minimum absolute atomic E-state index is 1.02. The summed E-state index contributed by atoms with van der Waals surface area (Å²) in [5.41, 5.74) is 2.38. The first-order valence-corrected chi connectivity index (χ1v) is 5.13. The van der Waals surface area contributed by atoms with Gasteiger partial charge in [0.1, 0.15) is 0 Å². The molecule has 0 aromatic heterocycles. The predicted molar refractivity (Wildman–Crippen MR) is 71.0 cm³/mol. The molecule has 0 aliphatic heterocycles. The highest BCUT2D eigenvalue weighted by atomic mass is 15.2. The summed E-state index contributed by atoms with van der Waals surface area (Å²) in [5, 5.41) is 0. The molecule has 0 atom stereocenters. The third-order valence-corrected chi connectivity index (χ3v) is 1.83. The van der Waals surface area contributed by atoms with Crippen molar-refractivity contribution in [3.8, 4) is 0 Å². The zero-order valence-corrected chi connectivity index (χ0v) is 11.0. The topological polar surface area (TPSA) is 6.48 Å². The molecule has 0 spiro atoms. The van der Waals surface area contributed by atoms with Crippen molar-refractivity contribution in [2.24, 2.45) is 0 Å². The van der Waals surface area contributed by atoms with Gasteiger partial charge in [0.25, 0.3) is 0 Å². The Morgan fingerprint density at radius 3 is 1.87 bits per heavy atom. The lowest BCUT2D eigenvalue weighted by molar-refractivity contribution is 0.331. The summed E-state index contributed by atoms with van der Waals surface area (Å²) < 4.78 is 0. The van der Waals surface area contributed by atoms with Gasteiger partial charge in [-0.25, -0.2) is 0 Å². The summed E-state index contributed by atoms with van der Waals surface area (Å²) in [6.07, 6.45) is 2.11. The van der Waals surface area contributed by atoms with E-state index in [9.17, 15) is 0 Å². The largest absolute Gasteiger partial charge is 0.374 e. The van der Waals surface area contributed by atoms with E-state index in [1.165, 1.54) is 5.57 Å². The lowest BCUT2D eigenvalue weighted by Crippen LogP contribution is -2.27. The van der Waals surface area contributed by atoms with Crippen molar-refractivity contribution in [3.05, 3.63) is 37.1 Å². The first-order chi connectivity index (χ1) is 6.93. The molecule has 0 aromatic carbocycles. The second kappa shape index (κ2) is 9.53. The Morgan fingerprint density at radius 2 is 1.53 bits per heavy atom. The molecule has 0 radical (unpaired) electrons. The van der Waals surface area contributed by atoms with E-state index in [0.29, 0.717) is 0 Å². The quantitative estimate of drug-likeness (QED) is 0.508. The minimum atomic E-state index is 1.02. The summed E-state index contributed by atoms with van der Waals surface area (Å²) in [7, 11) is 6.24. The number of rotatable bonds is 5. The van der Waals surface area contributed by atoms with Gasteiger partial charge in [-0.05, 0) is 34.0 Å². The Labute approximate surface area is 95.6 Å². The molecule has 88 valence electrons. The molecule has 2 nitrogen and oxygen atoms in total. The molecule has 0 aliphatic rings. The van der Waals surface area contributed by atoms with Crippen LogP contribution in [0.1, 0.15) is 13.8 Å². The van der Waals surface area contributed by atoms with Crippen LogP contribution in [0.2, 0.25) is 0 Å². The molecule has 0 bridgehead atoms. The van der Waals surface area contributed by atoms with Gasteiger partial charge in [0.05, 0.1) is 0 Å².